The maximum atomic E-state index is 10.9. The molecule has 15 heavy (non-hydrogen) atoms. The van der Waals surface area contributed by atoms with Gasteiger partial charge in [0.2, 0.25) is 0 Å². The van der Waals surface area contributed by atoms with E-state index in [2.05, 4.69) is 10.5 Å². The summed E-state index contributed by atoms with van der Waals surface area (Å²) in [6.45, 7) is 3.93. The molecule has 1 aromatic carbocycles. The number of hydrogen-bond acceptors (Lipinski definition) is 4. The summed E-state index contributed by atoms with van der Waals surface area (Å²) >= 11 is 0. The van der Waals surface area contributed by atoms with Crippen molar-refractivity contribution in [3.8, 4) is 5.75 Å². The molecule has 84 valence electrons. The minimum Gasteiger partial charge on any atom is -0.434 e. The lowest BCUT2D eigenvalue weighted by Gasteiger charge is -2.05. The van der Waals surface area contributed by atoms with Gasteiger partial charge in [-0.05, 0) is 32.5 Å². The van der Waals surface area contributed by atoms with Gasteiger partial charge in [-0.2, -0.15) is 0 Å². The van der Waals surface area contributed by atoms with Crippen LogP contribution >= 0.6 is 0 Å². The molecule has 0 atom stereocenters. The number of benzene rings is 1. The van der Waals surface area contributed by atoms with Crippen LogP contribution in [0.15, 0.2) is 24.3 Å². The van der Waals surface area contributed by atoms with Crippen LogP contribution in [0, 0.1) is 6.92 Å². The Bertz CT molecular complexity index is 300. The van der Waals surface area contributed by atoms with Crippen molar-refractivity contribution in [2.45, 2.75) is 13.8 Å². The van der Waals surface area contributed by atoms with E-state index in [0.717, 1.165) is 5.56 Å². The van der Waals surface area contributed by atoms with Gasteiger partial charge in [-0.3, -0.25) is 0 Å². The molecule has 4 nitrogen and oxygen atoms in total. The fraction of sp³-hybridized carbons (Fsp3) is 0.364. The highest BCUT2D eigenvalue weighted by Crippen LogP contribution is 2.16. The molecule has 2 N–H and O–H groups in total. The van der Waals surface area contributed by atoms with Crippen LogP contribution in [0.3, 0.4) is 0 Å². The lowest BCUT2D eigenvalue weighted by molar-refractivity contribution is 0.104. The summed E-state index contributed by atoms with van der Waals surface area (Å²) in [5.41, 5.74) is 5.41. The van der Waals surface area contributed by atoms with E-state index in [1.54, 1.807) is 13.0 Å². The molecule has 0 saturated carbocycles. The first kappa shape index (κ1) is 13.4. The first-order valence-electron chi connectivity index (χ1n) is 4.72. The Hall–Kier alpha value is -1.55. The molecule has 0 aliphatic carbocycles. The number of para-hydroxylation sites is 1. The van der Waals surface area contributed by atoms with Crippen molar-refractivity contribution >= 4 is 6.16 Å². The van der Waals surface area contributed by atoms with Crippen LogP contribution < -0.4 is 10.5 Å². The van der Waals surface area contributed by atoms with Gasteiger partial charge < -0.3 is 15.2 Å². The van der Waals surface area contributed by atoms with Crippen molar-refractivity contribution in [3.05, 3.63) is 29.8 Å². The second-order valence-corrected chi connectivity index (χ2v) is 2.55. The number of carbonyl (C=O) groups excluding carboxylic acids is 1. The van der Waals surface area contributed by atoms with E-state index in [1.165, 1.54) is 7.05 Å². The number of ether oxygens (including phenoxy) is 2. The Morgan fingerprint density at radius 2 is 1.93 bits per heavy atom. The molecule has 0 aliphatic rings. The maximum Gasteiger partial charge on any atom is 0.513 e. The van der Waals surface area contributed by atoms with Crippen LogP contribution in [0.5, 0.6) is 5.75 Å². The number of aryl methyl sites for hydroxylation is 1. The van der Waals surface area contributed by atoms with Crippen molar-refractivity contribution < 1.29 is 14.3 Å². The first-order chi connectivity index (χ1) is 7.24. The summed E-state index contributed by atoms with van der Waals surface area (Å²) in [7, 11) is 1.50. The summed E-state index contributed by atoms with van der Waals surface area (Å²) in [5, 5.41) is 0. The minimum absolute atomic E-state index is 0.324. The van der Waals surface area contributed by atoms with E-state index < -0.39 is 6.16 Å². The van der Waals surface area contributed by atoms with Gasteiger partial charge in [-0.25, -0.2) is 4.79 Å². The third-order valence-electron chi connectivity index (χ3n) is 1.55. The van der Waals surface area contributed by atoms with Crippen LogP contribution in [-0.2, 0) is 4.74 Å². The minimum atomic E-state index is -0.656. The van der Waals surface area contributed by atoms with E-state index >= 15 is 0 Å². The van der Waals surface area contributed by atoms with Gasteiger partial charge in [0.15, 0.2) is 0 Å². The molecular weight excluding hydrogens is 194 g/mol. The molecule has 0 unspecified atom stereocenters. The van der Waals surface area contributed by atoms with Crippen LogP contribution in [0.25, 0.3) is 0 Å². The average molecular weight is 211 g/mol. The fourth-order valence-corrected chi connectivity index (χ4v) is 0.908. The van der Waals surface area contributed by atoms with Gasteiger partial charge in [0.25, 0.3) is 0 Å². The van der Waals surface area contributed by atoms with E-state index in [1.807, 2.05) is 25.1 Å². The smallest absolute Gasteiger partial charge is 0.434 e. The van der Waals surface area contributed by atoms with Crippen molar-refractivity contribution in [1.82, 2.24) is 0 Å². The number of carbonyl (C=O) groups is 1. The molecule has 0 amide bonds. The Labute approximate surface area is 90.0 Å². The largest absolute Gasteiger partial charge is 0.513 e. The van der Waals surface area contributed by atoms with Gasteiger partial charge in [-0.15, -0.1) is 0 Å². The molecule has 0 aromatic heterocycles. The monoisotopic (exact) mass is 211 g/mol. The van der Waals surface area contributed by atoms with Gasteiger partial charge in [0.1, 0.15) is 5.75 Å². The molecular formula is C11H17NO3. The number of rotatable bonds is 2. The topological polar surface area (TPSA) is 61.5 Å². The van der Waals surface area contributed by atoms with Gasteiger partial charge in [0.05, 0.1) is 6.61 Å². The van der Waals surface area contributed by atoms with E-state index in [0.29, 0.717) is 12.4 Å². The zero-order chi connectivity index (χ0) is 11.7. The first-order valence-corrected chi connectivity index (χ1v) is 4.72. The Morgan fingerprint density at radius 3 is 2.47 bits per heavy atom. The van der Waals surface area contributed by atoms with E-state index in [4.69, 9.17) is 4.74 Å². The van der Waals surface area contributed by atoms with Gasteiger partial charge in [0, 0.05) is 0 Å². The molecule has 0 spiro atoms. The normalized spacial score (nSPS) is 8.53. The lowest BCUT2D eigenvalue weighted by atomic mass is 10.2. The summed E-state index contributed by atoms with van der Waals surface area (Å²) in [6.07, 6.45) is -0.656. The maximum absolute atomic E-state index is 10.9. The molecule has 4 heteroatoms. The summed E-state index contributed by atoms with van der Waals surface area (Å²) in [6, 6.07) is 7.29. The quantitative estimate of drug-likeness (QED) is 0.601. The van der Waals surface area contributed by atoms with Crippen LogP contribution in [-0.4, -0.2) is 19.8 Å². The Kier molecular flexibility index (Phi) is 7.01. The second-order valence-electron chi connectivity index (χ2n) is 2.55. The Balaban J connectivity index is 0.000000921. The van der Waals surface area contributed by atoms with Crippen molar-refractivity contribution in [2.75, 3.05) is 13.7 Å². The predicted octanol–water partition coefficient (Wildman–Crippen LogP) is 2.11. The standard InChI is InChI=1S/C10H12O3.CH5N/c1-3-12-10(11)13-9-7-5-4-6-8(9)2;1-2/h4-7H,3H2,1-2H3;2H2,1H3. The lowest BCUT2D eigenvalue weighted by Crippen LogP contribution is -2.10. The highest BCUT2D eigenvalue weighted by atomic mass is 16.7. The van der Waals surface area contributed by atoms with Crippen molar-refractivity contribution in [2.24, 2.45) is 5.73 Å². The number of hydrogen-bond donors (Lipinski definition) is 1. The van der Waals surface area contributed by atoms with Crippen LogP contribution in [0.2, 0.25) is 0 Å². The summed E-state index contributed by atoms with van der Waals surface area (Å²) in [5.74, 6) is 0.543. The van der Waals surface area contributed by atoms with Gasteiger partial charge >= 0.3 is 6.16 Å². The van der Waals surface area contributed by atoms with Crippen LogP contribution in [0.4, 0.5) is 4.79 Å². The highest BCUT2D eigenvalue weighted by Gasteiger charge is 2.05. The van der Waals surface area contributed by atoms with Gasteiger partial charge in [-0.1, -0.05) is 18.2 Å². The average Bonchev–Trinajstić information content (AvgIpc) is 2.25. The molecule has 0 radical (unpaired) electrons. The molecule has 1 aromatic rings. The van der Waals surface area contributed by atoms with E-state index in [-0.39, 0.29) is 0 Å². The van der Waals surface area contributed by atoms with E-state index in [9.17, 15) is 4.79 Å². The number of nitrogens with two attached hydrogens (primary N) is 1. The predicted molar refractivity (Wildman–Crippen MR) is 58.9 cm³/mol. The highest BCUT2D eigenvalue weighted by molar-refractivity contribution is 5.64. The second kappa shape index (κ2) is 7.82. The molecule has 0 aliphatic heterocycles. The molecule has 0 bridgehead atoms. The zero-order valence-electron chi connectivity index (χ0n) is 9.32. The molecule has 0 heterocycles. The third kappa shape index (κ3) is 5.02. The molecule has 1 rings (SSSR count). The molecule has 0 saturated heterocycles. The summed E-state index contributed by atoms with van der Waals surface area (Å²) in [4.78, 5) is 10.9. The Morgan fingerprint density at radius 1 is 1.33 bits per heavy atom. The SMILES string of the molecule is CCOC(=O)Oc1ccccc1C.CN. The van der Waals surface area contributed by atoms with Crippen LogP contribution in [0.1, 0.15) is 12.5 Å². The fourth-order valence-electron chi connectivity index (χ4n) is 0.908. The molecule has 0 fully saturated rings. The van der Waals surface area contributed by atoms with Crippen molar-refractivity contribution in [3.63, 3.8) is 0 Å². The third-order valence-corrected chi connectivity index (χ3v) is 1.55. The van der Waals surface area contributed by atoms with Crippen molar-refractivity contribution in [1.29, 1.82) is 0 Å². The zero-order valence-corrected chi connectivity index (χ0v) is 9.32. The summed E-state index contributed by atoms with van der Waals surface area (Å²) < 4.78 is 9.56.